The van der Waals surface area contributed by atoms with Gasteiger partial charge < -0.3 is 14.9 Å². The number of phenols is 1. The van der Waals surface area contributed by atoms with Gasteiger partial charge in [0.05, 0.1) is 17.7 Å². The minimum atomic E-state index is -4.02. The van der Waals surface area contributed by atoms with E-state index in [1.54, 1.807) is 6.07 Å². The third-order valence-electron chi connectivity index (χ3n) is 3.06. The number of carbonyl (C=O) groups excluding carboxylic acids is 1. The van der Waals surface area contributed by atoms with E-state index in [0.717, 1.165) is 0 Å². The molecule has 7 nitrogen and oxygen atoms in total. The molecular weight excluding hydrogens is 336 g/mol. The van der Waals surface area contributed by atoms with E-state index in [0.29, 0.717) is 0 Å². The van der Waals surface area contributed by atoms with E-state index in [1.807, 2.05) is 0 Å². The van der Waals surface area contributed by atoms with Crippen LogP contribution in [0.5, 0.6) is 11.5 Å². The summed E-state index contributed by atoms with van der Waals surface area (Å²) in [5.41, 5.74) is 0. The molecule has 0 atom stereocenters. The Kier molecular flexibility index (Phi) is 5.20. The molecule has 0 aliphatic carbocycles. The number of para-hydroxylation sites is 1. The number of ether oxygens (including phenoxy) is 1. The highest BCUT2D eigenvalue weighted by atomic mass is 32.2. The number of carboxylic acid groups (broad SMARTS) is 1. The molecule has 24 heavy (non-hydrogen) atoms. The molecule has 0 aliphatic rings. The van der Waals surface area contributed by atoms with Crippen molar-refractivity contribution >= 4 is 21.8 Å². The SMILES string of the molecule is O=C(O)CCC(=O)Oc1c(O)cccc1S(=O)(=O)c1ccccc1. The van der Waals surface area contributed by atoms with E-state index in [2.05, 4.69) is 0 Å². The van der Waals surface area contributed by atoms with Gasteiger partial charge in [-0.25, -0.2) is 8.42 Å². The van der Waals surface area contributed by atoms with Crippen molar-refractivity contribution in [3.63, 3.8) is 0 Å². The number of esters is 1. The molecule has 126 valence electrons. The van der Waals surface area contributed by atoms with Gasteiger partial charge in [-0.2, -0.15) is 0 Å². The lowest BCUT2D eigenvalue weighted by molar-refractivity contribution is -0.142. The Balaban J connectivity index is 2.40. The van der Waals surface area contributed by atoms with E-state index < -0.39 is 46.1 Å². The van der Waals surface area contributed by atoms with Crippen LogP contribution in [0.2, 0.25) is 0 Å². The van der Waals surface area contributed by atoms with Crippen molar-refractivity contribution in [3.05, 3.63) is 48.5 Å². The fourth-order valence-corrected chi connectivity index (χ4v) is 3.34. The van der Waals surface area contributed by atoms with Crippen LogP contribution in [-0.4, -0.2) is 30.6 Å². The summed E-state index contributed by atoms with van der Waals surface area (Å²) < 4.78 is 30.2. The summed E-state index contributed by atoms with van der Waals surface area (Å²) in [6, 6.07) is 11.1. The Labute approximate surface area is 138 Å². The summed E-state index contributed by atoms with van der Waals surface area (Å²) in [6.45, 7) is 0. The molecule has 2 aromatic carbocycles. The summed E-state index contributed by atoms with van der Waals surface area (Å²) >= 11 is 0. The second kappa shape index (κ2) is 7.14. The molecule has 0 unspecified atom stereocenters. The quantitative estimate of drug-likeness (QED) is 0.604. The smallest absolute Gasteiger partial charge is 0.311 e. The molecule has 8 heteroatoms. The van der Waals surface area contributed by atoms with Crippen LogP contribution >= 0.6 is 0 Å². The van der Waals surface area contributed by atoms with Crippen molar-refractivity contribution in [1.82, 2.24) is 0 Å². The van der Waals surface area contributed by atoms with E-state index in [-0.39, 0.29) is 9.79 Å². The molecule has 0 saturated carbocycles. The zero-order valence-corrected chi connectivity index (χ0v) is 13.2. The number of rotatable bonds is 6. The Morgan fingerprint density at radius 3 is 2.25 bits per heavy atom. The van der Waals surface area contributed by atoms with Gasteiger partial charge in [-0.3, -0.25) is 9.59 Å². The van der Waals surface area contributed by atoms with Gasteiger partial charge in [0.25, 0.3) is 0 Å². The number of aliphatic carboxylic acids is 1. The van der Waals surface area contributed by atoms with Gasteiger partial charge in [0, 0.05) is 0 Å². The van der Waals surface area contributed by atoms with Gasteiger partial charge in [-0.15, -0.1) is 0 Å². The van der Waals surface area contributed by atoms with Gasteiger partial charge in [0.15, 0.2) is 11.5 Å². The first-order valence-electron chi connectivity index (χ1n) is 6.87. The van der Waals surface area contributed by atoms with E-state index in [1.165, 1.54) is 42.5 Å². The molecule has 2 rings (SSSR count). The lowest BCUT2D eigenvalue weighted by Crippen LogP contribution is -2.13. The van der Waals surface area contributed by atoms with Gasteiger partial charge >= 0.3 is 11.9 Å². The number of sulfone groups is 1. The van der Waals surface area contributed by atoms with Crippen LogP contribution in [0.25, 0.3) is 0 Å². The first-order valence-corrected chi connectivity index (χ1v) is 8.35. The van der Waals surface area contributed by atoms with E-state index in [9.17, 15) is 23.1 Å². The molecule has 0 radical (unpaired) electrons. The topological polar surface area (TPSA) is 118 Å². The zero-order valence-electron chi connectivity index (χ0n) is 12.4. The average molecular weight is 350 g/mol. The number of phenolic OH excluding ortho intramolecular Hbond substituents is 1. The first-order chi connectivity index (χ1) is 11.3. The van der Waals surface area contributed by atoms with Crippen molar-refractivity contribution < 1.29 is 33.0 Å². The van der Waals surface area contributed by atoms with Gasteiger partial charge in [-0.05, 0) is 24.3 Å². The number of hydrogen-bond donors (Lipinski definition) is 2. The molecule has 0 saturated heterocycles. The summed E-state index contributed by atoms with van der Waals surface area (Å²) in [4.78, 5) is 21.8. The number of hydrogen-bond acceptors (Lipinski definition) is 6. The molecule has 0 heterocycles. The van der Waals surface area contributed by atoms with Gasteiger partial charge in [0.2, 0.25) is 9.84 Å². The van der Waals surface area contributed by atoms with Crippen LogP contribution in [0.3, 0.4) is 0 Å². The maximum Gasteiger partial charge on any atom is 0.311 e. The lowest BCUT2D eigenvalue weighted by Gasteiger charge is -2.12. The van der Waals surface area contributed by atoms with Crippen LogP contribution in [0.15, 0.2) is 58.3 Å². The zero-order chi connectivity index (χ0) is 17.7. The highest BCUT2D eigenvalue weighted by molar-refractivity contribution is 7.91. The molecule has 0 aromatic heterocycles. The third-order valence-corrected chi connectivity index (χ3v) is 4.85. The maximum absolute atomic E-state index is 12.7. The summed E-state index contributed by atoms with van der Waals surface area (Å²) in [6.07, 6.45) is -0.915. The molecular formula is C16H14O7S. The normalized spacial score (nSPS) is 11.0. The van der Waals surface area contributed by atoms with E-state index in [4.69, 9.17) is 9.84 Å². The predicted octanol–water partition coefficient (Wildman–Crippen LogP) is 2.00. The van der Waals surface area contributed by atoms with Crippen LogP contribution < -0.4 is 4.74 Å². The molecule has 0 spiro atoms. The van der Waals surface area contributed by atoms with E-state index >= 15 is 0 Å². The summed E-state index contributed by atoms with van der Waals surface area (Å²) in [5.74, 6) is -3.20. The fraction of sp³-hybridized carbons (Fsp3) is 0.125. The Morgan fingerprint density at radius 1 is 0.958 bits per heavy atom. The minimum Gasteiger partial charge on any atom is -0.504 e. The summed E-state index contributed by atoms with van der Waals surface area (Å²) in [7, 11) is -4.02. The van der Waals surface area contributed by atoms with Crippen LogP contribution in [0.4, 0.5) is 0 Å². The Morgan fingerprint density at radius 2 is 1.62 bits per heavy atom. The second-order valence-electron chi connectivity index (χ2n) is 4.79. The number of benzene rings is 2. The van der Waals surface area contributed by atoms with Crippen molar-refractivity contribution in [3.8, 4) is 11.5 Å². The monoisotopic (exact) mass is 350 g/mol. The van der Waals surface area contributed by atoms with Gasteiger partial charge in [0.1, 0.15) is 4.90 Å². The molecule has 0 aliphatic heterocycles. The maximum atomic E-state index is 12.7. The van der Waals surface area contributed by atoms with Crippen molar-refractivity contribution in [2.24, 2.45) is 0 Å². The highest BCUT2D eigenvalue weighted by Gasteiger charge is 2.26. The Hall–Kier alpha value is -2.87. The molecule has 2 N–H and O–H groups in total. The highest BCUT2D eigenvalue weighted by Crippen LogP contribution is 2.36. The largest absolute Gasteiger partial charge is 0.504 e. The summed E-state index contributed by atoms with van der Waals surface area (Å²) in [5, 5.41) is 18.4. The molecule has 0 fully saturated rings. The van der Waals surface area contributed by atoms with Crippen molar-refractivity contribution in [2.45, 2.75) is 22.6 Å². The first kappa shape index (κ1) is 17.5. The fourth-order valence-electron chi connectivity index (χ4n) is 1.92. The number of aromatic hydroxyl groups is 1. The van der Waals surface area contributed by atoms with Gasteiger partial charge in [-0.1, -0.05) is 24.3 Å². The molecule has 0 bridgehead atoms. The Bertz CT molecular complexity index is 857. The third kappa shape index (κ3) is 3.90. The van der Waals surface area contributed by atoms with Crippen molar-refractivity contribution in [2.75, 3.05) is 0 Å². The lowest BCUT2D eigenvalue weighted by atomic mass is 10.3. The molecule has 2 aromatic rings. The van der Waals surface area contributed by atoms with Crippen molar-refractivity contribution in [1.29, 1.82) is 0 Å². The second-order valence-corrected chi connectivity index (χ2v) is 6.71. The average Bonchev–Trinajstić information content (AvgIpc) is 2.55. The van der Waals surface area contributed by atoms with Crippen LogP contribution in [0, 0.1) is 0 Å². The standard InChI is InChI=1S/C16H14O7S/c17-12-7-4-8-13(16(12)23-15(20)10-9-14(18)19)24(21,22)11-5-2-1-3-6-11/h1-8,17H,9-10H2,(H,18,19). The minimum absolute atomic E-state index is 0.0292. The van der Waals surface area contributed by atoms with Crippen LogP contribution in [0.1, 0.15) is 12.8 Å². The van der Waals surface area contributed by atoms with Crippen LogP contribution in [-0.2, 0) is 19.4 Å². The molecule has 0 amide bonds. The predicted molar refractivity (Wildman–Crippen MR) is 82.5 cm³/mol. The number of carbonyl (C=O) groups is 2. The number of carboxylic acids is 1.